The number of carboxylic acids is 1. The highest BCUT2D eigenvalue weighted by Gasteiger charge is 2.19. The van der Waals surface area contributed by atoms with Crippen LogP contribution >= 0.6 is 0 Å². The minimum absolute atomic E-state index is 0.0638. The van der Waals surface area contributed by atoms with E-state index in [9.17, 15) is 9.59 Å². The molecule has 4 heteroatoms. The van der Waals surface area contributed by atoms with Crippen LogP contribution in [0.1, 0.15) is 53.4 Å². The molecule has 0 aromatic heterocycles. The van der Waals surface area contributed by atoms with Gasteiger partial charge in [-0.25, -0.2) is 0 Å². The highest BCUT2D eigenvalue weighted by Crippen LogP contribution is 2.14. The minimum Gasteiger partial charge on any atom is -0.481 e. The molecule has 0 saturated carbocycles. The van der Waals surface area contributed by atoms with Gasteiger partial charge in [-0.3, -0.25) is 9.59 Å². The Morgan fingerprint density at radius 3 is 2.06 bits per heavy atom. The van der Waals surface area contributed by atoms with E-state index < -0.39 is 5.97 Å². The van der Waals surface area contributed by atoms with E-state index in [0.29, 0.717) is 18.9 Å². The van der Waals surface area contributed by atoms with E-state index in [-0.39, 0.29) is 18.2 Å². The van der Waals surface area contributed by atoms with Crippen LogP contribution in [0.25, 0.3) is 0 Å². The fraction of sp³-hybridized carbons (Fsp3) is 0.857. The van der Waals surface area contributed by atoms with Gasteiger partial charge in [0.05, 0.1) is 0 Å². The summed E-state index contributed by atoms with van der Waals surface area (Å²) in [5.41, 5.74) is 0. The van der Waals surface area contributed by atoms with Crippen LogP contribution in [0.2, 0.25) is 0 Å². The molecule has 106 valence electrons. The lowest BCUT2D eigenvalue weighted by molar-refractivity contribution is -0.138. The lowest BCUT2D eigenvalue weighted by Crippen LogP contribution is -2.36. The van der Waals surface area contributed by atoms with Crippen molar-refractivity contribution < 1.29 is 14.7 Å². The van der Waals surface area contributed by atoms with Crippen LogP contribution in [-0.4, -0.2) is 35.0 Å². The molecule has 0 fully saturated rings. The average Bonchev–Trinajstić information content (AvgIpc) is 2.29. The van der Waals surface area contributed by atoms with Crippen LogP contribution in [0.15, 0.2) is 0 Å². The SMILES string of the molecule is CCC(CC)CN(CC)C(=O)CC(C)CC(=O)O. The zero-order valence-electron chi connectivity index (χ0n) is 12.1. The van der Waals surface area contributed by atoms with Gasteiger partial charge in [-0.15, -0.1) is 0 Å². The molecule has 0 aromatic carbocycles. The summed E-state index contributed by atoms with van der Waals surface area (Å²) >= 11 is 0. The summed E-state index contributed by atoms with van der Waals surface area (Å²) in [6, 6.07) is 0. The monoisotopic (exact) mass is 257 g/mol. The molecule has 1 amide bonds. The average molecular weight is 257 g/mol. The molecule has 0 aliphatic rings. The molecule has 0 spiro atoms. The van der Waals surface area contributed by atoms with E-state index in [1.807, 2.05) is 18.7 Å². The largest absolute Gasteiger partial charge is 0.481 e. The lowest BCUT2D eigenvalue weighted by Gasteiger charge is -2.26. The molecule has 0 aromatic rings. The molecule has 0 heterocycles. The van der Waals surface area contributed by atoms with Gasteiger partial charge < -0.3 is 10.0 Å². The van der Waals surface area contributed by atoms with Crippen molar-refractivity contribution in [1.29, 1.82) is 0 Å². The van der Waals surface area contributed by atoms with E-state index in [2.05, 4.69) is 13.8 Å². The molecule has 1 atom stereocenters. The number of carbonyl (C=O) groups is 2. The Kier molecular flexibility index (Phi) is 8.42. The molecular formula is C14H27NO3. The van der Waals surface area contributed by atoms with Gasteiger partial charge in [-0.1, -0.05) is 33.6 Å². The number of carbonyl (C=O) groups excluding carboxylic acids is 1. The van der Waals surface area contributed by atoms with Crippen LogP contribution < -0.4 is 0 Å². The van der Waals surface area contributed by atoms with Crippen molar-refractivity contribution in [2.45, 2.75) is 53.4 Å². The molecule has 0 bridgehead atoms. The van der Waals surface area contributed by atoms with Gasteiger partial charge in [0.25, 0.3) is 0 Å². The van der Waals surface area contributed by atoms with Gasteiger partial charge in [0.1, 0.15) is 0 Å². The van der Waals surface area contributed by atoms with Crippen LogP contribution in [0, 0.1) is 11.8 Å². The number of nitrogens with zero attached hydrogens (tertiary/aromatic N) is 1. The van der Waals surface area contributed by atoms with Crippen LogP contribution in [0.4, 0.5) is 0 Å². The smallest absolute Gasteiger partial charge is 0.303 e. The maximum Gasteiger partial charge on any atom is 0.303 e. The summed E-state index contributed by atoms with van der Waals surface area (Å²) in [5, 5.41) is 8.69. The number of hydrogen-bond acceptors (Lipinski definition) is 2. The zero-order valence-corrected chi connectivity index (χ0v) is 12.1. The molecule has 4 nitrogen and oxygen atoms in total. The normalized spacial score (nSPS) is 12.5. The van der Waals surface area contributed by atoms with Gasteiger partial charge in [-0.2, -0.15) is 0 Å². The fourth-order valence-corrected chi connectivity index (χ4v) is 2.06. The first-order valence-corrected chi connectivity index (χ1v) is 6.93. The van der Waals surface area contributed by atoms with E-state index in [0.717, 1.165) is 19.4 Å². The summed E-state index contributed by atoms with van der Waals surface area (Å²) in [5.74, 6) is -0.300. The van der Waals surface area contributed by atoms with E-state index >= 15 is 0 Å². The number of amides is 1. The Bertz CT molecular complexity index is 262. The first kappa shape index (κ1) is 16.9. The zero-order chi connectivity index (χ0) is 14.1. The second-order valence-electron chi connectivity index (χ2n) is 5.02. The van der Waals surface area contributed by atoms with Crippen molar-refractivity contribution in [2.75, 3.05) is 13.1 Å². The Morgan fingerprint density at radius 1 is 1.11 bits per heavy atom. The number of hydrogen-bond donors (Lipinski definition) is 1. The molecule has 0 saturated heterocycles. The van der Waals surface area contributed by atoms with Gasteiger partial charge >= 0.3 is 5.97 Å². The first-order valence-electron chi connectivity index (χ1n) is 6.93. The summed E-state index contributed by atoms with van der Waals surface area (Å²) in [4.78, 5) is 24.5. The Morgan fingerprint density at radius 2 is 1.67 bits per heavy atom. The van der Waals surface area contributed by atoms with Gasteiger partial charge in [0.15, 0.2) is 0 Å². The molecule has 1 N–H and O–H groups in total. The molecule has 0 rings (SSSR count). The van der Waals surface area contributed by atoms with Gasteiger partial charge in [0, 0.05) is 25.9 Å². The van der Waals surface area contributed by atoms with Crippen LogP contribution in [-0.2, 0) is 9.59 Å². The van der Waals surface area contributed by atoms with Crippen molar-refractivity contribution in [1.82, 2.24) is 4.90 Å². The maximum atomic E-state index is 12.1. The van der Waals surface area contributed by atoms with Gasteiger partial charge in [0.2, 0.25) is 5.91 Å². The predicted molar refractivity (Wildman–Crippen MR) is 72.4 cm³/mol. The summed E-state index contributed by atoms with van der Waals surface area (Å²) in [6.45, 7) is 9.56. The molecular weight excluding hydrogens is 230 g/mol. The lowest BCUT2D eigenvalue weighted by atomic mass is 10.0. The number of carboxylic acid groups (broad SMARTS) is 1. The van der Waals surface area contributed by atoms with Crippen molar-refractivity contribution >= 4 is 11.9 Å². The predicted octanol–water partition coefficient (Wildman–Crippen LogP) is 2.77. The van der Waals surface area contributed by atoms with Gasteiger partial charge in [-0.05, 0) is 18.8 Å². The highest BCUT2D eigenvalue weighted by molar-refractivity contribution is 5.77. The van der Waals surface area contributed by atoms with Crippen molar-refractivity contribution in [3.8, 4) is 0 Å². The molecule has 1 unspecified atom stereocenters. The van der Waals surface area contributed by atoms with Crippen LogP contribution in [0.5, 0.6) is 0 Å². The van der Waals surface area contributed by atoms with Crippen molar-refractivity contribution in [3.63, 3.8) is 0 Å². The fourth-order valence-electron chi connectivity index (χ4n) is 2.06. The first-order chi connectivity index (χ1) is 8.44. The number of aliphatic carboxylic acids is 1. The second kappa shape index (κ2) is 8.95. The Hall–Kier alpha value is -1.06. The van der Waals surface area contributed by atoms with Crippen molar-refractivity contribution in [2.24, 2.45) is 11.8 Å². The maximum absolute atomic E-state index is 12.1. The summed E-state index contributed by atoms with van der Waals surface area (Å²) in [7, 11) is 0. The summed E-state index contributed by atoms with van der Waals surface area (Å²) < 4.78 is 0. The van der Waals surface area contributed by atoms with E-state index in [4.69, 9.17) is 5.11 Å². The molecule has 0 aliphatic heterocycles. The Labute approximate surface area is 110 Å². The van der Waals surface area contributed by atoms with E-state index in [1.165, 1.54) is 0 Å². The standard InChI is InChI=1S/C14H27NO3/c1-5-12(6-2)10-15(7-3)13(16)8-11(4)9-14(17)18/h11-12H,5-10H2,1-4H3,(H,17,18). The number of rotatable bonds is 9. The topological polar surface area (TPSA) is 57.6 Å². The quantitative estimate of drug-likeness (QED) is 0.691. The van der Waals surface area contributed by atoms with E-state index in [1.54, 1.807) is 0 Å². The third kappa shape index (κ3) is 6.62. The molecule has 0 aliphatic carbocycles. The minimum atomic E-state index is -0.835. The molecule has 18 heavy (non-hydrogen) atoms. The third-order valence-corrected chi connectivity index (χ3v) is 3.41. The highest BCUT2D eigenvalue weighted by atomic mass is 16.4. The third-order valence-electron chi connectivity index (χ3n) is 3.41. The van der Waals surface area contributed by atoms with Crippen LogP contribution in [0.3, 0.4) is 0 Å². The second-order valence-corrected chi connectivity index (χ2v) is 5.02. The Balaban J connectivity index is 4.29. The molecule has 0 radical (unpaired) electrons. The van der Waals surface area contributed by atoms with Crippen molar-refractivity contribution in [3.05, 3.63) is 0 Å². The summed E-state index contributed by atoms with van der Waals surface area (Å²) in [6.07, 6.45) is 2.55.